The second kappa shape index (κ2) is 14.5. The van der Waals surface area contributed by atoms with Gasteiger partial charge in [-0.15, -0.1) is 24.0 Å². The second-order valence-electron chi connectivity index (χ2n) is 7.72. The molecule has 0 spiro atoms. The van der Waals surface area contributed by atoms with Gasteiger partial charge >= 0.3 is 0 Å². The van der Waals surface area contributed by atoms with Crippen molar-refractivity contribution in [1.82, 2.24) is 20.4 Å². The molecule has 1 aliphatic heterocycles. The van der Waals surface area contributed by atoms with Crippen LogP contribution in [0.4, 0.5) is 0 Å². The van der Waals surface area contributed by atoms with E-state index in [9.17, 15) is 4.79 Å². The first-order valence-electron chi connectivity index (χ1n) is 10.6. The molecule has 0 saturated carbocycles. The van der Waals surface area contributed by atoms with Crippen molar-refractivity contribution in [2.45, 2.75) is 32.4 Å². The number of likely N-dealkylation sites (N-methyl/N-ethyl adjacent to an activating group) is 1. The third-order valence-electron chi connectivity index (χ3n) is 5.32. The van der Waals surface area contributed by atoms with Crippen molar-refractivity contribution < 1.29 is 14.3 Å². The molecule has 8 nitrogen and oxygen atoms in total. The lowest BCUT2D eigenvalue weighted by atomic mass is 10.0. The number of hydrogen-bond acceptors (Lipinski definition) is 5. The highest BCUT2D eigenvalue weighted by Gasteiger charge is 2.23. The average molecular weight is 547 g/mol. The number of rotatable bonds is 9. The van der Waals surface area contributed by atoms with Crippen molar-refractivity contribution in [3.8, 4) is 5.75 Å². The Balaban J connectivity index is 0.00000480. The average Bonchev–Trinajstić information content (AvgIpc) is 2.78. The van der Waals surface area contributed by atoms with Gasteiger partial charge in [-0.1, -0.05) is 19.1 Å². The maximum absolute atomic E-state index is 12.0. The van der Waals surface area contributed by atoms with Crippen LogP contribution in [0.25, 0.3) is 0 Å². The largest absolute Gasteiger partial charge is 0.497 e. The Kier molecular flexibility index (Phi) is 12.8. The van der Waals surface area contributed by atoms with Crippen LogP contribution in [-0.2, 0) is 9.53 Å². The van der Waals surface area contributed by atoms with Crippen molar-refractivity contribution in [2.75, 3.05) is 60.6 Å². The highest BCUT2D eigenvalue weighted by atomic mass is 127. The van der Waals surface area contributed by atoms with E-state index in [2.05, 4.69) is 46.5 Å². The van der Waals surface area contributed by atoms with Crippen LogP contribution >= 0.6 is 24.0 Å². The number of ether oxygens (including phenoxy) is 2. The van der Waals surface area contributed by atoms with Crippen LogP contribution in [0.1, 0.15) is 31.9 Å². The Morgan fingerprint density at radius 3 is 2.45 bits per heavy atom. The predicted octanol–water partition coefficient (Wildman–Crippen LogP) is 2.11. The summed E-state index contributed by atoms with van der Waals surface area (Å²) in [6.07, 6.45) is 0.966. The zero-order valence-electron chi connectivity index (χ0n) is 19.4. The van der Waals surface area contributed by atoms with Crippen LogP contribution < -0.4 is 15.4 Å². The van der Waals surface area contributed by atoms with E-state index in [0.717, 1.165) is 38.5 Å². The van der Waals surface area contributed by atoms with Crippen molar-refractivity contribution in [2.24, 2.45) is 4.99 Å². The second-order valence-corrected chi connectivity index (χ2v) is 7.72. The molecule has 2 unspecified atom stereocenters. The molecule has 1 fully saturated rings. The summed E-state index contributed by atoms with van der Waals surface area (Å²) < 4.78 is 10.9. The lowest BCUT2D eigenvalue weighted by Gasteiger charge is -2.35. The van der Waals surface area contributed by atoms with Crippen LogP contribution in [-0.4, -0.2) is 88.3 Å². The number of guanidine groups is 1. The Labute approximate surface area is 203 Å². The van der Waals surface area contributed by atoms with Gasteiger partial charge in [0.2, 0.25) is 5.91 Å². The Morgan fingerprint density at radius 1 is 1.26 bits per heavy atom. The zero-order chi connectivity index (χ0) is 21.9. The molecule has 2 atom stereocenters. The number of aliphatic imine (C=N–C) groups is 1. The number of carbonyl (C=O) groups excluding carboxylic acids is 1. The summed E-state index contributed by atoms with van der Waals surface area (Å²) in [5.74, 6) is 1.47. The van der Waals surface area contributed by atoms with Gasteiger partial charge in [-0.2, -0.15) is 0 Å². The fourth-order valence-corrected chi connectivity index (χ4v) is 3.14. The summed E-state index contributed by atoms with van der Waals surface area (Å²) in [6.45, 7) is 8.23. The maximum Gasteiger partial charge on any atom is 0.243 e. The minimum Gasteiger partial charge on any atom is -0.497 e. The van der Waals surface area contributed by atoms with E-state index in [4.69, 9.17) is 9.47 Å². The molecule has 31 heavy (non-hydrogen) atoms. The van der Waals surface area contributed by atoms with Gasteiger partial charge in [0.15, 0.2) is 5.96 Å². The number of morpholine rings is 1. The summed E-state index contributed by atoms with van der Waals surface area (Å²) in [5, 5.41) is 6.85. The lowest BCUT2D eigenvalue weighted by molar-refractivity contribution is -0.127. The monoisotopic (exact) mass is 547 g/mol. The molecule has 1 heterocycles. The zero-order valence-corrected chi connectivity index (χ0v) is 21.7. The normalized spacial score (nSPS) is 16.6. The lowest BCUT2D eigenvalue weighted by Crippen LogP contribution is -2.48. The number of nitrogens with one attached hydrogen (secondary N) is 2. The maximum atomic E-state index is 12.0. The third kappa shape index (κ3) is 9.20. The molecule has 9 heteroatoms. The van der Waals surface area contributed by atoms with Crippen LogP contribution in [0.3, 0.4) is 0 Å². The van der Waals surface area contributed by atoms with Crippen LogP contribution in [0, 0.1) is 0 Å². The molecule has 176 valence electrons. The van der Waals surface area contributed by atoms with Crippen molar-refractivity contribution in [1.29, 1.82) is 0 Å². The molecule has 0 bridgehead atoms. The first-order chi connectivity index (χ1) is 14.4. The fourth-order valence-electron chi connectivity index (χ4n) is 3.14. The number of halogens is 1. The van der Waals surface area contributed by atoms with E-state index in [0.29, 0.717) is 12.5 Å². The first-order valence-corrected chi connectivity index (χ1v) is 10.6. The van der Waals surface area contributed by atoms with Crippen molar-refractivity contribution in [3.63, 3.8) is 0 Å². The Bertz CT molecular complexity index is 678. The standard InChI is InChI=1S/C22H37N5O3.HI/c1-6-17(2)25-22(24-16-21(28)26(3)4)23-15-20(27-11-13-30-14-12-27)18-7-9-19(29-5)10-8-18;/h7-10,17,20H,6,11-16H2,1-5H3,(H2,23,24,25);1H. The summed E-state index contributed by atoms with van der Waals surface area (Å²) in [6, 6.07) is 8.61. The van der Waals surface area contributed by atoms with E-state index in [1.807, 2.05) is 12.1 Å². The highest BCUT2D eigenvalue weighted by molar-refractivity contribution is 14.0. The molecule has 1 amide bonds. The third-order valence-corrected chi connectivity index (χ3v) is 5.32. The SMILES string of the molecule is CCC(C)NC(=NCC(=O)N(C)C)NCC(c1ccc(OC)cc1)N1CCOCC1.I. The number of carbonyl (C=O) groups is 1. The van der Waals surface area contributed by atoms with Gasteiger partial charge < -0.3 is 25.0 Å². The molecule has 1 aromatic carbocycles. The molecule has 0 aliphatic carbocycles. The minimum atomic E-state index is -0.0277. The van der Waals surface area contributed by atoms with Gasteiger partial charge in [-0.3, -0.25) is 9.69 Å². The molecule has 1 aliphatic rings. The summed E-state index contributed by atoms with van der Waals surface area (Å²) in [7, 11) is 5.16. The predicted molar refractivity (Wildman–Crippen MR) is 135 cm³/mol. The number of methoxy groups -OCH3 is 1. The van der Waals surface area contributed by atoms with E-state index in [1.165, 1.54) is 5.56 Å². The Morgan fingerprint density at radius 2 is 1.90 bits per heavy atom. The molecular formula is C22H38IN5O3. The molecule has 1 aromatic rings. The molecule has 1 saturated heterocycles. The number of nitrogens with zero attached hydrogens (tertiary/aromatic N) is 3. The van der Waals surface area contributed by atoms with Crippen LogP contribution in [0.2, 0.25) is 0 Å². The minimum absolute atomic E-state index is 0. The molecule has 2 N–H and O–H groups in total. The summed E-state index contributed by atoms with van der Waals surface area (Å²) >= 11 is 0. The van der Waals surface area contributed by atoms with E-state index in [-0.39, 0.29) is 48.5 Å². The van der Waals surface area contributed by atoms with Crippen LogP contribution in [0.15, 0.2) is 29.3 Å². The molecule has 0 radical (unpaired) electrons. The fraction of sp³-hybridized carbons (Fsp3) is 0.636. The topological polar surface area (TPSA) is 78.4 Å². The summed E-state index contributed by atoms with van der Waals surface area (Å²) in [4.78, 5) is 20.5. The van der Waals surface area contributed by atoms with Crippen LogP contribution in [0.5, 0.6) is 5.75 Å². The van der Waals surface area contributed by atoms with Gasteiger partial charge in [0.05, 0.1) is 26.4 Å². The number of amides is 1. The first kappa shape index (κ1) is 27.4. The van der Waals surface area contributed by atoms with E-state index in [1.54, 1.807) is 26.1 Å². The van der Waals surface area contributed by atoms with Crippen molar-refractivity contribution in [3.05, 3.63) is 29.8 Å². The van der Waals surface area contributed by atoms with Gasteiger partial charge in [0.1, 0.15) is 12.3 Å². The molecule has 0 aromatic heterocycles. The molecule has 2 rings (SSSR count). The smallest absolute Gasteiger partial charge is 0.243 e. The van der Waals surface area contributed by atoms with E-state index >= 15 is 0 Å². The Hall–Kier alpha value is -1.59. The van der Waals surface area contributed by atoms with Gasteiger partial charge in [-0.05, 0) is 31.0 Å². The van der Waals surface area contributed by atoms with Crippen molar-refractivity contribution >= 4 is 35.8 Å². The highest BCUT2D eigenvalue weighted by Crippen LogP contribution is 2.23. The quantitative estimate of drug-likeness (QED) is 0.280. The molecular weight excluding hydrogens is 509 g/mol. The van der Waals surface area contributed by atoms with Gasteiger partial charge in [-0.25, -0.2) is 4.99 Å². The van der Waals surface area contributed by atoms with E-state index < -0.39 is 0 Å². The van der Waals surface area contributed by atoms with Gasteiger partial charge in [0.25, 0.3) is 0 Å². The number of hydrogen-bond donors (Lipinski definition) is 2. The van der Waals surface area contributed by atoms with Gasteiger partial charge in [0, 0.05) is 39.8 Å². The number of benzene rings is 1. The summed E-state index contributed by atoms with van der Waals surface area (Å²) in [5.41, 5.74) is 1.21.